The predicted octanol–water partition coefficient (Wildman–Crippen LogP) is 2.39. The number of hydrogen-bond acceptors (Lipinski definition) is 5. The highest BCUT2D eigenvalue weighted by Gasteiger charge is 2.24. The van der Waals surface area contributed by atoms with E-state index < -0.39 is 0 Å². The van der Waals surface area contributed by atoms with Gasteiger partial charge < -0.3 is 14.8 Å². The third-order valence-electron chi connectivity index (χ3n) is 6.03. The van der Waals surface area contributed by atoms with Crippen molar-refractivity contribution >= 4 is 5.91 Å². The molecule has 2 fully saturated rings. The molecule has 1 aliphatic heterocycles. The molecule has 0 radical (unpaired) electrons. The Morgan fingerprint density at radius 3 is 2.36 bits per heavy atom. The highest BCUT2D eigenvalue weighted by atomic mass is 16.5. The average Bonchev–Trinajstić information content (AvgIpc) is 2.71. The van der Waals surface area contributed by atoms with Crippen LogP contribution in [0, 0.1) is 5.92 Å². The molecule has 1 saturated carbocycles. The summed E-state index contributed by atoms with van der Waals surface area (Å²) in [6.45, 7) is 8.22. The second-order valence-electron chi connectivity index (χ2n) is 8.08. The molecule has 1 aromatic rings. The summed E-state index contributed by atoms with van der Waals surface area (Å²) in [4.78, 5) is 17.1. The number of rotatable bonds is 8. The minimum absolute atomic E-state index is 0.190. The van der Waals surface area contributed by atoms with Gasteiger partial charge >= 0.3 is 0 Å². The highest BCUT2D eigenvalue weighted by Crippen LogP contribution is 2.23. The molecule has 1 aromatic carbocycles. The predicted molar refractivity (Wildman–Crippen MR) is 111 cm³/mol. The number of amides is 1. The van der Waals surface area contributed by atoms with E-state index in [1.165, 1.54) is 19.3 Å². The second-order valence-corrected chi connectivity index (χ2v) is 8.08. The lowest BCUT2D eigenvalue weighted by Gasteiger charge is -2.35. The highest BCUT2D eigenvalue weighted by molar-refractivity contribution is 5.78. The van der Waals surface area contributed by atoms with E-state index in [1.54, 1.807) is 7.11 Å². The summed E-state index contributed by atoms with van der Waals surface area (Å²) in [6.07, 6.45) is 4.92. The van der Waals surface area contributed by atoms with Gasteiger partial charge in [-0.3, -0.25) is 14.6 Å². The largest absolute Gasteiger partial charge is 0.497 e. The van der Waals surface area contributed by atoms with Crippen molar-refractivity contribution in [3.63, 3.8) is 0 Å². The molecule has 1 aliphatic carbocycles. The van der Waals surface area contributed by atoms with E-state index in [4.69, 9.17) is 9.47 Å². The van der Waals surface area contributed by atoms with E-state index in [0.717, 1.165) is 50.6 Å². The van der Waals surface area contributed by atoms with Crippen molar-refractivity contribution < 1.29 is 14.3 Å². The fraction of sp³-hybridized carbons (Fsp3) is 0.682. The Kier molecular flexibility index (Phi) is 7.98. The van der Waals surface area contributed by atoms with E-state index in [-0.39, 0.29) is 5.91 Å². The molecule has 6 heteroatoms. The summed E-state index contributed by atoms with van der Waals surface area (Å²) >= 11 is 0. The van der Waals surface area contributed by atoms with Gasteiger partial charge in [0.25, 0.3) is 0 Å². The Labute approximate surface area is 169 Å². The molecule has 3 rings (SSSR count). The van der Waals surface area contributed by atoms with Gasteiger partial charge in [-0.25, -0.2) is 0 Å². The van der Waals surface area contributed by atoms with Gasteiger partial charge in [-0.05, 0) is 43.0 Å². The summed E-state index contributed by atoms with van der Waals surface area (Å²) in [6, 6.07) is 8.06. The van der Waals surface area contributed by atoms with Crippen LogP contribution in [0.1, 0.15) is 32.6 Å². The van der Waals surface area contributed by atoms with Gasteiger partial charge in [-0.15, -0.1) is 0 Å². The molecule has 6 nitrogen and oxygen atoms in total. The molecule has 0 spiro atoms. The van der Waals surface area contributed by atoms with Gasteiger partial charge in [0.15, 0.2) is 0 Å². The first-order chi connectivity index (χ1) is 13.6. The van der Waals surface area contributed by atoms with Crippen molar-refractivity contribution in [3.8, 4) is 11.5 Å². The van der Waals surface area contributed by atoms with Crippen molar-refractivity contribution in [1.82, 2.24) is 15.1 Å². The SMILES string of the molecule is COc1ccc(OCCN2CCN(CC(=O)N[C@@H]3CCCC[C@@H]3C)CC2)cc1. The van der Waals surface area contributed by atoms with Crippen LogP contribution in [0.25, 0.3) is 0 Å². The second kappa shape index (κ2) is 10.7. The topological polar surface area (TPSA) is 54.0 Å². The lowest BCUT2D eigenvalue weighted by atomic mass is 9.86. The molecule has 1 N–H and O–H groups in total. The molecule has 2 atom stereocenters. The van der Waals surface area contributed by atoms with Crippen LogP contribution in [0.3, 0.4) is 0 Å². The van der Waals surface area contributed by atoms with E-state index in [0.29, 0.717) is 25.1 Å². The standard InChI is InChI=1S/C22H35N3O3/c1-18-5-3-4-6-21(18)23-22(26)17-25-13-11-24(12-14-25)15-16-28-20-9-7-19(27-2)8-10-20/h7-10,18,21H,3-6,11-17H2,1-2H3,(H,23,26)/t18-,21+/m0/s1. The third-order valence-corrected chi connectivity index (χ3v) is 6.03. The maximum atomic E-state index is 12.4. The number of methoxy groups -OCH3 is 1. The fourth-order valence-electron chi connectivity index (χ4n) is 4.12. The molecule has 28 heavy (non-hydrogen) atoms. The zero-order valence-electron chi connectivity index (χ0n) is 17.4. The van der Waals surface area contributed by atoms with E-state index in [9.17, 15) is 4.79 Å². The first kappa shape index (κ1) is 20.9. The molecule has 1 heterocycles. The van der Waals surface area contributed by atoms with Crippen LogP contribution in [0.15, 0.2) is 24.3 Å². The number of nitrogens with zero attached hydrogens (tertiary/aromatic N) is 2. The van der Waals surface area contributed by atoms with Gasteiger partial charge in [-0.1, -0.05) is 19.8 Å². The van der Waals surface area contributed by atoms with E-state index >= 15 is 0 Å². The number of carbonyl (C=O) groups is 1. The number of benzene rings is 1. The van der Waals surface area contributed by atoms with E-state index in [2.05, 4.69) is 22.0 Å². The quantitative estimate of drug-likeness (QED) is 0.740. The third kappa shape index (κ3) is 6.38. The van der Waals surface area contributed by atoms with Crippen molar-refractivity contribution in [1.29, 1.82) is 0 Å². The van der Waals surface area contributed by atoms with Crippen LogP contribution in [0.2, 0.25) is 0 Å². The van der Waals surface area contributed by atoms with Crippen molar-refractivity contribution in [2.75, 3.05) is 53.0 Å². The molecular weight excluding hydrogens is 354 g/mol. The van der Waals surface area contributed by atoms with Crippen molar-refractivity contribution in [2.24, 2.45) is 5.92 Å². The Bertz CT molecular complexity index is 600. The summed E-state index contributed by atoms with van der Waals surface area (Å²) in [7, 11) is 1.66. The number of carbonyl (C=O) groups excluding carboxylic acids is 1. The summed E-state index contributed by atoms with van der Waals surface area (Å²) in [5.41, 5.74) is 0. The molecule has 0 aromatic heterocycles. The van der Waals surface area contributed by atoms with Crippen LogP contribution in [-0.4, -0.2) is 74.7 Å². The first-order valence-electron chi connectivity index (χ1n) is 10.6. The van der Waals surface area contributed by atoms with Gasteiger partial charge in [0.2, 0.25) is 5.91 Å². The fourth-order valence-corrected chi connectivity index (χ4v) is 4.12. The Hall–Kier alpha value is -1.79. The maximum absolute atomic E-state index is 12.4. The molecule has 1 amide bonds. The molecule has 1 saturated heterocycles. The zero-order chi connectivity index (χ0) is 19.8. The van der Waals surface area contributed by atoms with Gasteiger partial charge in [0.05, 0.1) is 13.7 Å². The van der Waals surface area contributed by atoms with Crippen LogP contribution in [-0.2, 0) is 4.79 Å². The molecule has 156 valence electrons. The van der Waals surface area contributed by atoms with Gasteiger partial charge in [0.1, 0.15) is 18.1 Å². The lowest BCUT2D eigenvalue weighted by Crippen LogP contribution is -2.51. The molecular formula is C22H35N3O3. The Morgan fingerprint density at radius 2 is 1.68 bits per heavy atom. The Morgan fingerprint density at radius 1 is 1.04 bits per heavy atom. The number of piperazine rings is 1. The molecule has 2 aliphatic rings. The smallest absolute Gasteiger partial charge is 0.234 e. The number of ether oxygens (including phenoxy) is 2. The summed E-state index contributed by atoms with van der Waals surface area (Å²) in [5.74, 6) is 2.51. The minimum atomic E-state index is 0.190. The molecule has 0 bridgehead atoms. The van der Waals surface area contributed by atoms with Gasteiger partial charge in [-0.2, -0.15) is 0 Å². The zero-order valence-corrected chi connectivity index (χ0v) is 17.4. The van der Waals surface area contributed by atoms with Crippen LogP contribution in [0.5, 0.6) is 11.5 Å². The summed E-state index contributed by atoms with van der Waals surface area (Å²) < 4.78 is 11.0. The van der Waals surface area contributed by atoms with Crippen LogP contribution < -0.4 is 14.8 Å². The Balaban J connectivity index is 1.30. The van der Waals surface area contributed by atoms with Gasteiger partial charge in [0, 0.05) is 38.8 Å². The van der Waals surface area contributed by atoms with Crippen LogP contribution >= 0.6 is 0 Å². The van der Waals surface area contributed by atoms with Crippen LogP contribution in [0.4, 0.5) is 0 Å². The van der Waals surface area contributed by atoms with Crippen molar-refractivity contribution in [3.05, 3.63) is 24.3 Å². The van der Waals surface area contributed by atoms with E-state index in [1.807, 2.05) is 24.3 Å². The lowest BCUT2D eigenvalue weighted by molar-refractivity contribution is -0.124. The normalized spacial score (nSPS) is 23.9. The average molecular weight is 390 g/mol. The monoisotopic (exact) mass is 389 g/mol. The minimum Gasteiger partial charge on any atom is -0.497 e. The number of hydrogen-bond donors (Lipinski definition) is 1. The summed E-state index contributed by atoms with van der Waals surface area (Å²) in [5, 5.41) is 3.26. The van der Waals surface area contributed by atoms with Crippen molar-refractivity contribution in [2.45, 2.75) is 38.6 Å². The number of nitrogens with one attached hydrogen (secondary N) is 1. The first-order valence-corrected chi connectivity index (χ1v) is 10.6. The molecule has 0 unspecified atom stereocenters. The maximum Gasteiger partial charge on any atom is 0.234 e.